The lowest BCUT2D eigenvalue weighted by Crippen LogP contribution is -2.54. The Labute approximate surface area is 256 Å². The van der Waals surface area contributed by atoms with Crippen molar-refractivity contribution in [3.63, 3.8) is 0 Å². The Morgan fingerprint density at radius 1 is 0.929 bits per heavy atom. The van der Waals surface area contributed by atoms with E-state index in [1.807, 2.05) is 66.7 Å². The average molecular weight is 603 g/mol. The SMILES string of the molecule is COc1nc(-c2cccc(-c3cccc(-c4ccc(CN)c(CO)c4)c3Cl)c2Cl)ccc1CN1CC2(CCC(=O)C2)C1. The van der Waals surface area contributed by atoms with Crippen molar-refractivity contribution in [1.29, 1.82) is 0 Å². The largest absolute Gasteiger partial charge is 0.481 e. The number of ketones is 1. The summed E-state index contributed by atoms with van der Waals surface area (Å²) in [6.07, 6.45) is 2.43. The van der Waals surface area contributed by atoms with Gasteiger partial charge in [-0.25, -0.2) is 4.98 Å². The van der Waals surface area contributed by atoms with Crippen LogP contribution in [-0.2, 0) is 24.5 Å². The Hall–Kier alpha value is -3.26. The fraction of sp³-hybridized carbons (Fsp3) is 0.294. The number of aromatic nitrogens is 1. The number of nitrogens with zero attached hydrogens (tertiary/aromatic N) is 2. The Bertz CT molecular complexity index is 1670. The fourth-order valence-corrected chi connectivity index (χ4v) is 7.14. The Morgan fingerprint density at radius 2 is 1.60 bits per heavy atom. The van der Waals surface area contributed by atoms with Crippen molar-refractivity contribution in [3.05, 3.63) is 93.5 Å². The number of aliphatic hydroxyl groups is 1. The second-order valence-electron chi connectivity index (χ2n) is 11.4. The molecule has 6 nitrogen and oxygen atoms in total. The molecule has 2 fully saturated rings. The monoisotopic (exact) mass is 601 g/mol. The molecule has 2 heterocycles. The number of rotatable bonds is 8. The van der Waals surface area contributed by atoms with Crippen LogP contribution in [0.2, 0.25) is 10.0 Å². The van der Waals surface area contributed by atoms with E-state index < -0.39 is 0 Å². The summed E-state index contributed by atoms with van der Waals surface area (Å²) in [7, 11) is 1.63. The van der Waals surface area contributed by atoms with E-state index >= 15 is 0 Å². The molecule has 8 heteroatoms. The van der Waals surface area contributed by atoms with Gasteiger partial charge in [0.15, 0.2) is 0 Å². The molecule has 3 aromatic carbocycles. The first-order chi connectivity index (χ1) is 20.3. The molecule has 0 unspecified atom stereocenters. The topological polar surface area (TPSA) is 88.7 Å². The van der Waals surface area contributed by atoms with Crippen LogP contribution in [0.1, 0.15) is 36.0 Å². The lowest BCUT2D eigenvalue weighted by molar-refractivity contribution is -0.119. The molecule has 1 aliphatic heterocycles. The zero-order chi connectivity index (χ0) is 29.4. The molecule has 1 saturated carbocycles. The molecule has 3 N–H and O–H groups in total. The highest BCUT2D eigenvalue weighted by atomic mass is 35.5. The summed E-state index contributed by atoms with van der Waals surface area (Å²) in [6.45, 7) is 2.87. The molecule has 0 atom stereocenters. The quantitative estimate of drug-likeness (QED) is 0.228. The number of halogens is 2. The molecule has 1 aliphatic carbocycles. The lowest BCUT2D eigenvalue weighted by atomic mass is 9.78. The van der Waals surface area contributed by atoms with E-state index in [4.69, 9.17) is 38.7 Å². The van der Waals surface area contributed by atoms with E-state index in [1.165, 1.54) is 0 Å². The maximum Gasteiger partial charge on any atom is 0.218 e. The number of likely N-dealkylation sites (tertiary alicyclic amines) is 1. The van der Waals surface area contributed by atoms with E-state index in [-0.39, 0.29) is 12.0 Å². The third-order valence-electron chi connectivity index (χ3n) is 8.62. The minimum absolute atomic E-state index is 0.0966. The zero-order valence-electron chi connectivity index (χ0n) is 23.5. The van der Waals surface area contributed by atoms with Crippen LogP contribution < -0.4 is 10.5 Å². The molecule has 1 saturated heterocycles. The van der Waals surface area contributed by atoms with Gasteiger partial charge in [0.25, 0.3) is 0 Å². The number of nitrogens with two attached hydrogens (primary N) is 1. The van der Waals surface area contributed by atoms with Crippen LogP contribution >= 0.6 is 23.2 Å². The fourth-order valence-electron chi connectivity index (χ4n) is 6.48. The molecule has 0 amide bonds. The number of pyridine rings is 1. The van der Waals surface area contributed by atoms with Gasteiger partial charge in [0.05, 0.1) is 29.5 Å². The van der Waals surface area contributed by atoms with Crippen molar-refractivity contribution in [2.75, 3.05) is 20.2 Å². The number of carbonyl (C=O) groups is 1. The number of aliphatic hydroxyl groups excluding tert-OH is 1. The maximum atomic E-state index is 11.8. The van der Waals surface area contributed by atoms with Crippen molar-refractivity contribution in [1.82, 2.24) is 9.88 Å². The van der Waals surface area contributed by atoms with E-state index in [9.17, 15) is 9.90 Å². The smallest absolute Gasteiger partial charge is 0.218 e. The predicted octanol–water partition coefficient (Wildman–Crippen LogP) is 6.90. The van der Waals surface area contributed by atoms with Gasteiger partial charge in [0.2, 0.25) is 5.88 Å². The number of benzene rings is 3. The molecule has 216 valence electrons. The number of methoxy groups -OCH3 is 1. The summed E-state index contributed by atoms with van der Waals surface area (Å²) in [5.74, 6) is 0.959. The molecule has 2 aliphatic rings. The van der Waals surface area contributed by atoms with E-state index in [0.29, 0.717) is 40.4 Å². The highest BCUT2D eigenvalue weighted by Crippen LogP contribution is 2.45. The van der Waals surface area contributed by atoms with Crippen molar-refractivity contribution < 1.29 is 14.6 Å². The summed E-state index contributed by atoms with van der Waals surface area (Å²) in [6, 6.07) is 21.5. The van der Waals surface area contributed by atoms with Crippen molar-refractivity contribution in [2.45, 2.75) is 39.0 Å². The van der Waals surface area contributed by atoms with Crippen LogP contribution in [-0.4, -0.2) is 41.0 Å². The molecule has 4 aromatic rings. The third-order valence-corrected chi connectivity index (χ3v) is 9.44. The van der Waals surface area contributed by atoms with Gasteiger partial charge < -0.3 is 15.6 Å². The van der Waals surface area contributed by atoms with Crippen molar-refractivity contribution >= 4 is 29.0 Å². The third kappa shape index (κ3) is 5.34. The van der Waals surface area contributed by atoms with Crippen LogP contribution in [0.3, 0.4) is 0 Å². The number of ether oxygens (including phenoxy) is 1. The first-order valence-corrected chi connectivity index (χ1v) is 14.9. The molecule has 0 bridgehead atoms. The van der Waals surface area contributed by atoms with Crippen LogP contribution in [0, 0.1) is 5.41 Å². The van der Waals surface area contributed by atoms with E-state index in [2.05, 4.69) is 4.90 Å². The number of Topliss-reactive ketones (excluding diaryl/α,β-unsaturated/α-hetero) is 1. The standard InChI is InChI=1S/C34H33Cl2N3O3/c1-42-33-23(17-39-19-34(20-39)13-12-25(41)15-34)10-11-30(38-33)29-7-3-6-28(32(29)36)27-5-2-4-26(31(27)35)21-8-9-22(16-37)24(14-21)18-40/h2-11,14,40H,12-13,15-20,37H2,1H3. The minimum Gasteiger partial charge on any atom is -0.481 e. The second kappa shape index (κ2) is 11.8. The second-order valence-corrected chi connectivity index (χ2v) is 12.2. The van der Waals surface area contributed by atoms with Gasteiger partial charge in [-0.3, -0.25) is 9.69 Å². The number of hydrogen-bond acceptors (Lipinski definition) is 6. The lowest BCUT2D eigenvalue weighted by Gasteiger charge is -2.48. The van der Waals surface area contributed by atoms with Crippen LogP contribution in [0.5, 0.6) is 5.88 Å². The van der Waals surface area contributed by atoms with E-state index in [0.717, 1.165) is 77.0 Å². The molecule has 1 spiro atoms. The highest BCUT2D eigenvalue weighted by molar-refractivity contribution is 6.39. The van der Waals surface area contributed by atoms with Crippen molar-refractivity contribution in [2.24, 2.45) is 11.1 Å². The van der Waals surface area contributed by atoms with Gasteiger partial charge in [-0.15, -0.1) is 0 Å². The van der Waals surface area contributed by atoms with Crippen LogP contribution in [0.25, 0.3) is 33.5 Å². The Kier molecular flexibility index (Phi) is 8.09. The highest BCUT2D eigenvalue weighted by Gasteiger charge is 2.47. The van der Waals surface area contributed by atoms with Crippen LogP contribution in [0.15, 0.2) is 66.7 Å². The van der Waals surface area contributed by atoms with Gasteiger partial charge in [0, 0.05) is 72.3 Å². The van der Waals surface area contributed by atoms with Gasteiger partial charge in [-0.05, 0) is 35.2 Å². The van der Waals surface area contributed by atoms with E-state index in [1.54, 1.807) is 7.11 Å². The average Bonchev–Trinajstić information content (AvgIpc) is 3.39. The van der Waals surface area contributed by atoms with Crippen molar-refractivity contribution in [3.8, 4) is 39.4 Å². The summed E-state index contributed by atoms with van der Waals surface area (Å²) in [4.78, 5) is 19.0. The first kappa shape index (κ1) is 28.8. The summed E-state index contributed by atoms with van der Waals surface area (Å²) in [5, 5.41) is 10.9. The maximum absolute atomic E-state index is 11.8. The Morgan fingerprint density at radius 3 is 2.24 bits per heavy atom. The normalized spacial score (nSPS) is 16.2. The van der Waals surface area contributed by atoms with Gasteiger partial charge >= 0.3 is 0 Å². The first-order valence-electron chi connectivity index (χ1n) is 14.1. The molecule has 6 rings (SSSR count). The molecule has 1 aromatic heterocycles. The zero-order valence-corrected chi connectivity index (χ0v) is 25.0. The molecule has 42 heavy (non-hydrogen) atoms. The molecular formula is C34H33Cl2N3O3. The summed E-state index contributed by atoms with van der Waals surface area (Å²) < 4.78 is 5.70. The number of hydrogen-bond donors (Lipinski definition) is 2. The van der Waals surface area contributed by atoms with Crippen LogP contribution in [0.4, 0.5) is 0 Å². The van der Waals surface area contributed by atoms with Gasteiger partial charge in [-0.2, -0.15) is 0 Å². The Balaban J connectivity index is 1.28. The summed E-state index contributed by atoms with van der Waals surface area (Å²) >= 11 is 14.0. The van der Waals surface area contributed by atoms with Gasteiger partial charge in [0.1, 0.15) is 5.78 Å². The molecular weight excluding hydrogens is 569 g/mol. The molecule has 0 radical (unpaired) electrons. The van der Waals surface area contributed by atoms with Gasteiger partial charge in [-0.1, -0.05) is 77.8 Å². The predicted molar refractivity (Wildman–Crippen MR) is 167 cm³/mol. The number of carbonyl (C=O) groups excluding carboxylic acids is 1. The minimum atomic E-state index is -0.0966. The summed E-state index contributed by atoms with van der Waals surface area (Å²) in [5.41, 5.74) is 13.5.